The van der Waals surface area contributed by atoms with Gasteiger partial charge >= 0.3 is 0 Å². The van der Waals surface area contributed by atoms with E-state index in [1.807, 2.05) is 36.1 Å². The number of amides is 1. The quantitative estimate of drug-likeness (QED) is 0.862. The number of thiocarbonyl (C=S) groups is 1. The molecule has 0 aromatic heterocycles. The third-order valence-corrected chi connectivity index (χ3v) is 4.29. The van der Waals surface area contributed by atoms with Crippen LogP contribution in [0.4, 0.5) is 0 Å². The van der Waals surface area contributed by atoms with E-state index in [9.17, 15) is 4.79 Å². The number of carbonyl (C=O) groups excluding carboxylic acids is 1. The Labute approximate surface area is 131 Å². The highest BCUT2D eigenvalue weighted by molar-refractivity contribution is 7.80. The van der Waals surface area contributed by atoms with Gasteiger partial charge in [-0.25, -0.2) is 0 Å². The van der Waals surface area contributed by atoms with Crippen molar-refractivity contribution in [1.29, 1.82) is 0 Å². The first-order valence-electron chi connectivity index (χ1n) is 7.42. The fraction of sp³-hybridized carbons (Fsp3) is 0.500. The van der Waals surface area contributed by atoms with E-state index < -0.39 is 0 Å². The van der Waals surface area contributed by atoms with Gasteiger partial charge in [0.1, 0.15) is 0 Å². The van der Waals surface area contributed by atoms with Crippen molar-refractivity contribution in [3.8, 4) is 0 Å². The van der Waals surface area contributed by atoms with E-state index in [1.165, 1.54) is 0 Å². The normalized spacial score (nSPS) is 17.5. The highest BCUT2D eigenvalue weighted by Crippen LogP contribution is 2.13. The lowest BCUT2D eigenvalue weighted by Crippen LogP contribution is -2.54. The van der Waals surface area contributed by atoms with Crippen LogP contribution in [0.1, 0.15) is 29.3 Å². The largest absolute Gasteiger partial charge is 0.392 e. The second-order valence-electron chi connectivity index (χ2n) is 5.52. The number of nitrogens with zero attached hydrogens (tertiary/aromatic N) is 2. The van der Waals surface area contributed by atoms with Crippen molar-refractivity contribution in [1.82, 2.24) is 9.80 Å². The third kappa shape index (κ3) is 3.80. The molecule has 0 aliphatic carbocycles. The molecule has 1 saturated heterocycles. The molecule has 1 heterocycles. The van der Waals surface area contributed by atoms with Crippen LogP contribution in [0, 0.1) is 6.92 Å². The Balaban J connectivity index is 1.97. The minimum absolute atomic E-state index is 0.113. The zero-order valence-corrected chi connectivity index (χ0v) is 13.5. The number of aryl methyl sites for hydroxylation is 1. The van der Waals surface area contributed by atoms with Crippen LogP contribution in [0.3, 0.4) is 0 Å². The molecule has 0 bridgehead atoms. The maximum absolute atomic E-state index is 12.5. The number of rotatable bonds is 4. The van der Waals surface area contributed by atoms with Crippen LogP contribution in [0.2, 0.25) is 0 Å². The van der Waals surface area contributed by atoms with Gasteiger partial charge in [-0.05, 0) is 25.5 Å². The molecule has 1 aliphatic heterocycles. The molecular formula is C16H23N3OS. The summed E-state index contributed by atoms with van der Waals surface area (Å²) >= 11 is 5.12. The molecule has 1 unspecified atom stereocenters. The zero-order chi connectivity index (χ0) is 15.4. The van der Waals surface area contributed by atoms with Gasteiger partial charge in [0.15, 0.2) is 0 Å². The monoisotopic (exact) mass is 305 g/mol. The van der Waals surface area contributed by atoms with Gasteiger partial charge < -0.3 is 10.6 Å². The summed E-state index contributed by atoms with van der Waals surface area (Å²) in [5.41, 5.74) is 7.67. The Bertz CT molecular complexity index is 524. The summed E-state index contributed by atoms with van der Waals surface area (Å²) in [6.07, 6.45) is 0.918. The molecule has 1 amide bonds. The van der Waals surface area contributed by atoms with Gasteiger partial charge in [0.25, 0.3) is 5.91 Å². The van der Waals surface area contributed by atoms with Crippen molar-refractivity contribution in [3.63, 3.8) is 0 Å². The van der Waals surface area contributed by atoms with Crippen molar-refractivity contribution in [2.24, 2.45) is 5.73 Å². The van der Waals surface area contributed by atoms with Gasteiger partial charge in [-0.3, -0.25) is 9.69 Å². The fourth-order valence-electron chi connectivity index (χ4n) is 2.84. The molecule has 2 N–H and O–H groups in total. The second-order valence-corrected chi connectivity index (χ2v) is 6.00. The molecule has 114 valence electrons. The average Bonchev–Trinajstić information content (AvgIpc) is 2.47. The van der Waals surface area contributed by atoms with Crippen LogP contribution >= 0.6 is 12.2 Å². The lowest BCUT2D eigenvalue weighted by molar-refractivity contribution is 0.0611. The number of nitrogens with two attached hydrogens (primary N) is 1. The summed E-state index contributed by atoms with van der Waals surface area (Å²) in [6, 6.07) is 7.90. The molecule has 0 saturated carbocycles. The van der Waals surface area contributed by atoms with Crippen LogP contribution in [0.25, 0.3) is 0 Å². The number of hydrogen-bond donors (Lipinski definition) is 1. The first kappa shape index (κ1) is 15.9. The topological polar surface area (TPSA) is 49.6 Å². The zero-order valence-electron chi connectivity index (χ0n) is 12.7. The molecule has 4 nitrogen and oxygen atoms in total. The summed E-state index contributed by atoms with van der Waals surface area (Å²) in [4.78, 5) is 17.2. The number of carbonyl (C=O) groups is 1. The highest BCUT2D eigenvalue weighted by atomic mass is 32.1. The summed E-state index contributed by atoms with van der Waals surface area (Å²) < 4.78 is 0. The Hall–Kier alpha value is -1.46. The second kappa shape index (κ2) is 7.00. The van der Waals surface area contributed by atoms with Crippen LogP contribution in [-0.4, -0.2) is 52.9 Å². The maximum atomic E-state index is 12.5. The molecule has 1 aromatic carbocycles. The predicted molar refractivity (Wildman–Crippen MR) is 89.5 cm³/mol. The van der Waals surface area contributed by atoms with Crippen molar-refractivity contribution >= 4 is 23.1 Å². The van der Waals surface area contributed by atoms with Crippen LogP contribution < -0.4 is 5.73 Å². The van der Waals surface area contributed by atoms with Crippen LogP contribution in [0.5, 0.6) is 0 Å². The molecule has 1 fully saturated rings. The van der Waals surface area contributed by atoms with Crippen molar-refractivity contribution < 1.29 is 4.79 Å². The van der Waals surface area contributed by atoms with Crippen molar-refractivity contribution in [2.75, 3.05) is 26.2 Å². The molecule has 1 aromatic rings. The van der Waals surface area contributed by atoms with Gasteiger partial charge in [-0.15, -0.1) is 0 Å². The number of benzene rings is 1. The minimum Gasteiger partial charge on any atom is -0.392 e. The fourth-order valence-corrected chi connectivity index (χ4v) is 3.15. The van der Waals surface area contributed by atoms with Crippen molar-refractivity contribution in [2.45, 2.75) is 26.3 Å². The number of piperazine rings is 1. The first-order valence-corrected chi connectivity index (χ1v) is 7.83. The molecule has 21 heavy (non-hydrogen) atoms. The van der Waals surface area contributed by atoms with Crippen LogP contribution in [-0.2, 0) is 0 Å². The standard InChI is InChI=1S/C16H23N3OS/c1-3-14(15(17)21)18-7-9-19(10-8-18)16(20)13-6-4-5-12(2)11-13/h4-6,11,14H,3,7-10H2,1-2H3,(H2,17,21). The molecule has 5 heteroatoms. The van der Waals surface area contributed by atoms with E-state index in [1.54, 1.807) is 0 Å². The van der Waals surface area contributed by atoms with Gasteiger partial charge in [0, 0.05) is 31.7 Å². The van der Waals surface area contributed by atoms with Gasteiger partial charge in [0.05, 0.1) is 11.0 Å². The van der Waals surface area contributed by atoms with E-state index in [-0.39, 0.29) is 11.9 Å². The Kier molecular flexibility index (Phi) is 5.31. The van der Waals surface area contributed by atoms with Crippen LogP contribution in [0.15, 0.2) is 24.3 Å². The minimum atomic E-state index is 0.113. The molecule has 1 atom stereocenters. The SMILES string of the molecule is CCC(C(N)=S)N1CCN(C(=O)c2cccc(C)c2)CC1. The molecule has 0 spiro atoms. The summed E-state index contributed by atoms with van der Waals surface area (Å²) in [5, 5.41) is 0. The molecule has 2 rings (SSSR count). The van der Waals surface area contributed by atoms with E-state index >= 15 is 0 Å². The highest BCUT2D eigenvalue weighted by Gasteiger charge is 2.26. The van der Waals surface area contributed by atoms with Gasteiger partial charge in [-0.2, -0.15) is 0 Å². The van der Waals surface area contributed by atoms with Gasteiger partial charge in [0.2, 0.25) is 0 Å². The Morgan fingerprint density at radius 1 is 1.33 bits per heavy atom. The summed E-state index contributed by atoms with van der Waals surface area (Å²) in [6.45, 7) is 7.20. The summed E-state index contributed by atoms with van der Waals surface area (Å²) in [7, 11) is 0. The van der Waals surface area contributed by atoms with E-state index in [2.05, 4.69) is 11.8 Å². The predicted octanol–water partition coefficient (Wildman–Crippen LogP) is 1.82. The summed E-state index contributed by atoms with van der Waals surface area (Å²) in [5.74, 6) is 0.113. The lowest BCUT2D eigenvalue weighted by Gasteiger charge is -2.38. The maximum Gasteiger partial charge on any atom is 0.253 e. The Morgan fingerprint density at radius 2 is 2.00 bits per heavy atom. The Morgan fingerprint density at radius 3 is 2.52 bits per heavy atom. The van der Waals surface area contributed by atoms with E-state index in [0.29, 0.717) is 4.99 Å². The average molecular weight is 305 g/mol. The third-order valence-electron chi connectivity index (χ3n) is 4.02. The number of hydrogen-bond acceptors (Lipinski definition) is 3. The van der Waals surface area contributed by atoms with Crippen molar-refractivity contribution in [3.05, 3.63) is 35.4 Å². The first-order chi connectivity index (χ1) is 10.0. The van der Waals surface area contributed by atoms with Gasteiger partial charge in [-0.1, -0.05) is 36.8 Å². The lowest BCUT2D eigenvalue weighted by atomic mass is 10.1. The molecule has 1 aliphatic rings. The van der Waals surface area contributed by atoms with E-state index in [0.717, 1.165) is 43.7 Å². The molecular weight excluding hydrogens is 282 g/mol. The van der Waals surface area contributed by atoms with E-state index in [4.69, 9.17) is 18.0 Å². The smallest absolute Gasteiger partial charge is 0.253 e. The molecule has 0 radical (unpaired) electrons.